The largest absolute Gasteiger partial charge is 0.393 e. The van der Waals surface area contributed by atoms with Gasteiger partial charge in [0.15, 0.2) is 0 Å². The van der Waals surface area contributed by atoms with Crippen LogP contribution in [0.4, 0.5) is 5.69 Å². The van der Waals surface area contributed by atoms with Crippen LogP contribution >= 0.6 is 0 Å². The molecule has 24 heavy (non-hydrogen) atoms. The lowest BCUT2D eigenvalue weighted by Gasteiger charge is -2.37. The maximum Gasteiger partial charge on any atom is 0.273 e. The van der Waals surface area contributed by atoms with Crippen LogP contribution in [0.5, 0.6) is 0 Å². The number of carbonyl (C=O) groups excluding carboxylic acids is 1. The van der Waals surface area contributed by atoms with Crippen molar-refractivity contribution in [3.63, 3.8) is 0 Å². The van der Waals surface area contributed by atoms with E-state index in [2.05, 4.69) is 24.1 Å². The molecule has 1 fully saturated rings. The Kier molecular flexibility index (Phi) is 7.71. The third kappa shape index (κ3) is 6.20. The van der Waals surface area contributed by atoms with Crippen LogP contribution in [0.25, 0.3) is 0 Å². The number of hydrogen-bond donors (Lipinski definition) is 3. The predicted octanol–water partition coefficient (Wildman–Crippen LogP) is 2.99. The minimum atomic E-state index is -0.375. The number of hydrazine groups is 1. The van der Waals surface area contributed by atoms with Gasteiger partial charge in [-0.3, -0.25) is 9.78 Å². The second-order valence-corrected chi connectivity index (χ2v) is 6.62. The molecule has 1 heterocycles. The van der Waals surface area contributed by atoms with Gasteiger partial charge in [-0.15, -0.1) is 0 Å². The molecule has 0 spiro atoms. The van der Waals surface area contributed by atoms with Crippen molar-refractivity contribution in [2.75, 3.05) is 5.32 Å². The summed E-state index contributed by atoms with van der Waals surface area (Å²) in [5.74, 6) is 5.68. The van der Waals surface area contributed by atoms with E-state index in [1.54, 1.807) is 29.5 Å². The van der Waals surface area contributed by atoms with Gasteiger partial charge in [0.2, 0.25) is 0 Å². The number of rotatable bonds is 4. The van der Waals surface area contributed by atoms with Gasteiger partial charge >= 0.3 is 0 Å². The van der Waals surface area contributed by atoms with E-state index in [9.17, 15) is 4.79 Å². The first-order valence-corrected chi connectivity index (χ1v) is 8.59. The van der Waals surface area contributed by atoms with Crippen molar-refractivity contribution in [2.24, 2.45) is 17.0 Å². The van der Waals surface area contributed by atoms with E-state index in [1.165, 1.54) is 6.20 Å². The van der Waals surface area contributed by atoms with Gasteiger partial charge < -0.3 is 16.1 Å². The maximum atomic E-state index is 12.0. The number of anilines is 1. The van der Waals surface area contributed by atoms with Gasteiger partial charge in [0.1, 0.15) is 5.70 Å². The molecule has 1 aliphatic carbocycles. The van der Waals surface area contributed by atoms with Crippen LogP contribution in [0.3, 0.4) is 0 Å². The number of nitrogens with two attached hydrogens (primary N) is 2. The fourth-order valence-electron chi connectivity index (χ4n) is 2.65. The number of aromatic nitrogens is 1. The summed E-state index contributed by atoms with van der Waals surface area (Å²) in [6, 6.07) is 3.73. The summed E-state index contributed by atoms with van der Waals surface area (Å²) in [5, 5.41) is 4.26. The molecule has 0 unspecified atom stereocenters. The minimum absolute atomic E-state index is 0.0937. The predicted molar refractivity (Wildman–Crippen MR) is 98.5 cm³/mol. The van der Waals surface area contributed by atoms with Crippen molar-refractivity contribution in [1.29, 1.82) is 0 Å². The van der Waals surface area contributed by atoms with E-state index in [4.69, 9.17) is 11.6 Å². The Balaban J connectivity index is 0.00000139. The van der Waals surface area contributed by atoms with Gasteiger partial charge in [0, 0.05) is 18.4 Å². The summed E-state index contributed by atoms with van der Waals surface area (Å²) >= 11 is 0. The zero-order valence-electron chi connectivity index (χ0n) is 15.2. The smallest absolute Gasteiger partial charge is 0.273 e. The summed E-state index contributed by atoms with van der Waals surface area (Å²) in [7, 11) is 0. The summed E-state index contributed by atoms with van der Waals surface area (Å²) in [4.78, 5) is 16.0. The van der Waals surface area contributed by atoms with Crippen LogP contribution in [0, 0.1) is 5.41 Å². The average molecular weight is 333 g/mol. The molecule has 0 aromatic carbocycles. The summed E-state index contributed by atoms with van der Waals surface area (Å²) in [6.45, 7) is 8.55. The molecule has 0 bridgehead atoms. The lowest BCUT2D eigenvalue weighted by Crippen LogP contribution is -2.41. The second-order valence-electron chi connectivity index (χ2n) is 6.62. The first-order chi connectivity index (χ1) is 11.4. The number of pyridine rings is 1. The number of amides is 1. The summed E-state index contributed by atoms with van der Waals surface area (Å²) in [6.07, 6.45) is 9.00. The molecule has 0 radical (unpaired) electrons. The van der Waals surface area contributed by atoms with E-state index in [0.29, 0.717) is 11.1 Å². The Morgan fingerprint density at radius 3 is 2.54 bits per heavy atom. The van der Waals surface area contributed by atoms with Gasteiger partial charge in [0.05, 0.1) is 11.9 Å². The highest BCUT2D eigenvalue weighted by Crippen LogP contribution is 2.36. The van der Waals surface area contributed by atoms with E-state index >= 15 is 0 Å². The van der Waals surface area contributed by atoms with E-state index in [1.807, 2.05) is 13.8 Å². The zero-order chi connectivity index (χ0) is 18.2. The van der Waals surface area contributed by atoms with Crippen molar-refractivity contribution in [2.45, 2.75) is 59.4 Å². The number of hydrogen-bond acceptors (Lipinski definition) is 5. The zero-order valence-corrected chi connectivity index (χ0v) is 15.2. The fraction of sp³-hybridized carbons (Fsp3) is 0.556. The SMILES string of the molecule is CC.CC1(C)CCC(N(N)/C=C(\N)C(=O)Nc2cccnc2)CC1. The minimum Gasteiger partial charge on any atom is -0.393 e. The monoisotopic (exact) mass is 333 g/mol. The highest BCUT2D eigenvalue weighted by atomic mass is 16.2. The highest BCUT2D eigenvalue weighted by molar-refractivity contribution is 6.02. The molecule has 1 aromatic heterocycles. The van der Waals surface area contributed by atoms with Crippen LogP contribution in [0.1, 0.15) is 53.4 Å². The average Bonchev–Trinajstić information content (AvgIpc) is 2.57. The molecule has 5 N–H and O–H groups in total. The van der Waals surface area contributed by atoms with Crippen molar-refractivity contribution in [1.82, 2.24) is 9.99 Å². The van der Waals surface area contributed by atoms with E-state index in [-0.39, 0.29) is 17.6 Å². The van der Waals surface area contributed by atoms with Gasteiger partial charge in [-0.2, -0.15) is 0 Å². The number of nitrogens with one attached hydrogen (secondary N) is 1. The van der Waals surface area contributed by atoms with Crippen LogP contribution < -0.4 is 16.9 Å². The quantitative estimate of drug-likeness (QED) is 0.447. The Morgan fingerprint density at radius 2 is 2.00 bits per heavy atom. The molecular formula is C18H31N5O. The molecule has 0 saturated heterocycles. The topological polar surface area (TPSA) is 97.3 Å². The first-order valence-electron chi connectivity index (χ1n) is 8.59. The Hall–Kier alpha value is -2.08. The third-order valence-electron chi connectivity index (χ3n) is 4.20. The fourth-order valence-corrected chi connectivity index (χ4v) is 2.65. The molecule has 134 valence electrons. The van der Waals surface area contributed by atoms with Crippen molar-refractivity contribution >= 4 is 11.6 Å². The lowest BCUT2D eigenvalue weighted by molar-refractivity contribution is -0.113. The van der Waals surface area contributed by atoms with Gasteiger partial charge in [0.25, 0.3) is 5.91 Å². The van der Waals surface area contributed by atoms with Crippen LogP contribution in [-0.4, -0.2) is 21.9 Å². The van der Waals surface area contributed by atoms with E-state index < -0.39 is 0 Å². The van der Waals surface area contributed by atoms with Crippen molar-refractivity contribution in [3.8, 4) is 0 Å². The molecule has 0 aliphatic heterocycles. The molecule has 1 aliphatic rings. The van der Waals surface area contributed by atoms with Crippen molar-refractivity contribution in [3.05, 3.63) is 36.4 Å². The molecule has 0 atom stereocenters. The molecule has 1 aromatic rings. The standard InChI is InChI=1S/C16H25N5O.C2H6/c1-16(2)7-5-13(6-8-16)21(18)11-14(17)15(22)20-12-4-3-9-19-10-12;1-2/h3-4,9-11,13H,5-8,17-18H2,1-2H3,(H,20,22);1-2H3/b14-11-;. The van der Waals surface area contributed by atoms with E-state index in [0.717, 1.165) is 25.7 Å². The number of nitrogens with zero attached hydrogens (tertiary/aromatic N) is 2. The maximum absolute atomic E-state index is 12.0. The summed E-state index contributed by atoms with van der Waals surface area (Å²) < 4.78 is 0. The molecular weight excluding hydrogens is 302 g/mol. The normalized spacial score (nSPS) is 17.5. The van der Waals surface area contributed by atoms with Gasteiger partial charge in [-0.25, -0.2) is 5.84 Å². The van der Waals surface area contributed by atoms with Crippen LogP contribution in [-0.2, 0) is 4.79 Å². The third-order valence-corrected chi connectivity index (χ3v) is 4.20. The van der Waals surface area contributed by atoms with Crippen LogP contribution in [0.15, 0.2) is 36.4 Å². The Bertz CT molecular complexity index is 532. The van der Waals surface area contributed by atoms with Crippen molar-refractivity contribution < 1.29 is 4.79 Å². The Labute approximate surface area is 145 Å². The molecule has 6 nitrogen and oxygen atoms in total. The summed E-state index contributed by atoms with van der Waals surface area (Å²) in [5.41, 5.74) is 6.91. The second kappa shape index (κ2) is 9.27. The lowest BCUT2D eigenvalue weighted by atomic mass is 9.75. The molecule has 1 amide bonds. The van der Waals surface area contributed by atoms with Crippen LogP contribution in [0.2, 0.25) is 0 Å². The highest BCUT2D eigenvalue weighted by Gasteiger charge is 2.28. The van der Waals surface area contributed by atoms with Gasteiger partial charge in [-0.1, -0.05) is 27.7 Å². The number of carbonyl (C=O) groups is 1. The molecule has 6 heteroatoms. The first kappa shape index (κ1) is 20.0. The Morgan fingerprint density at radius 1 is 1.38 bits per heavy atom. The molecule has 2 rings (SSSR count). The molecule has 1 saturated carbocycles. The van der Waals surface area contributed by atoms with Gasteiger partial charge in [-0.05, 0) is 43.2 Å².